The third-order valence-corrected chi connectivity index (χ3v) is 5.26. The molecule has 0 saturated heterocycles. The Labute approximate surface area is 173 Å². The fraction of sp³-hybridized carbons (Fsp3) is 0.208. The molecule has 0 bridgehead atoms. The van der Waals surface area contributed by atoms with Gasteiger partial charge in [-0.2, -0.15) is 0 Å². The number of aromatic nitrogens is 1. The zero-order chi connectivity index (χ0) is 21.3. The molecule has 0 atom stereocenters. The summed E-state index contributed by atoms with van der Waals surface area (Å²) in [6.07, 6.45) is 5.69. The molecule has 1 fully saturated rings. The molecule has 1 saturated carbocycles. The van der Waals surface area contributed by atoms with E-state index in [-0.39, 0.29) is 11.1 Å². The van der Waals surface area contributed by atoms with E-state index in [1.165, 1.54) is 6.07 Å². The number of nitrogens with zero attached hydrogens (tertiary/aromatic N) is 1. The summed E-state index contributed by atoms with van der Waals surface area (Å²) in [6.45, 7) is 2.24. The second-order valence-electron chi connectivity index (χ2n) is 7.53. The van der Waals surface area contributed by atoms with Crippen LogP contribution in [0.4, 0.5) is 0 Å². The second kappa shape index (κ2) is 7.99. The number of benzene rings is 2. The van der Waals surface area contributed by atoms with Crippen LogP contribution in [0.15, 0.2) is 54.9 Å². The molecule has 3 aromatic rings. The summed E-state index contributed by atoms with van der Waals surface area (Å²) in [7, 11) is 0. The fourth-order valence-corrected chi connectivity index (χ4v) is 3.41. The molecule has 4 rings (SSSR count). The quantitative estimate of drug-likeness (QED) is 0.582. The summed E-state index contributed by atoms with van der Waals surface area (Å²) in [5.41, 5.74) is 3.20. The zero-order valence-corrected chi connectivity index (χ0v) is 16.5. The first-order valence-electron chi connectivity index (χ1n) is 9.73. The van der Waals surface area contributed by atoms with Gasteiger partial charge in [0.2, 0.25) is 0 Å². The van der Waals surface area contributed by atoms with Crippen molar-refractivity contribution in [3.05, 3.63) is 71.5 Å². The molecule has 0 amide bonds. The van der Waals surface area contributed by atoms with Crippen molar-refractivity contribution in [2.75, 3.05) is 6.61 Å². The molecular weight excluding hydrogens is 382 g/mol. The number of hydrogen-bond donors (Lipinski definition) is 2. The second-order valence-corrected chi connectivity index (χ2v) is 7.53. The summed E-state index contributed by atoms with van der Waals surface area (Å²) in [6, 6.07) is 12.2. The van der Waals surface area contributed by atoms with Gasteiger partial charge in [0.25, 0.3) is 0 Å². The Balaban J connectivity index is 1.89. The van der Waals surface area contributed by atoms with Crippen molar-refractivity contribution in [2.45, 2.75) is 19.8 Å². The van der Waals surface area contributed by atoms with Crippen molar-refractivity contribution in [3.8, 4) is 28.0 Å². The van der Waals surface area contributed by atoms with Crippen LogP contribution in [0, 0.1) is 12.8 Å². The molecule has 0 aliphatic heterocycles. The van der Waals surface area contributed by atoms with Gasteiger partial charge >= 0.3 is 11.9 Å². The van der Waals surface area contributed by atoms with Gasteiger partial charge in [-0.3, -0.25) is 4.98 Å². The Morgan fingerprint density at radius 2 is 1.77 bits per heavy atom. The van der Waals surface area contributed by atoms with Crippen LogP contribution in [0.1, 0.15) is 39.1 Å². The largest absolute Gasteiger partial charge is 0.493 e. The molecule has 1 aromatic heterocycles. The number of carboxylic acid groups (broad SMARTS) is 2. The summed E-state index contributed by atoms with van der Waals surface area (Å²) in [4.78, 5) is 27.6. The van der Waals surface area contributed by atoms with Crippen molar-refractivity contribution in [1.82, 2.24) is 4.98 Å². The van der Waals surface area contributed by atoms with Gasteiger partial charge in [-0.1, -0.05) is 12.1 Å². The van der Waals surface area contributed by atoms with Gasteiger partial charge in [-0.25, -0.2) is 9.59 Å². The first-order chi connectivity index (χ1) is 14.4. The van der Waals surface area contributed by atoms with E-state index in [1.807, 2.05) is 30.3 Å². The molecule has 1 aliphatic rings. The van der Waals surface area contributed by atoms with Gasteiger partial charge in [0.1, 0.15) is 5.75 Å². The van der Waals surface area contributed by atoms with E-state index in [9.17, 15) is 19.8 Å². The van der Waals surface area contributed by atoms with Gasteiger partial charge in [0.15, 0.2) is 0 Å². The molecule has 0 radical (unpaired) electrons. The number of aromatic carboxylic acids is 2. The Hall–Kier alpha value is -3.67. The summed E-state index contributed by atoms with van der Waals surface area (Å²) >= 11 is 0. The molecule has 152 valence electrons. The van der Waals surface area contributed by atoms with E-state index in [4.69, 9.17) is 4.74 Å². The van der Waals surface area contributed by atoms with Gasteiger partial charge in [0, 0.05) is 29.1 Å². The molecular formula is C24H21NO5. The number of ether oxygens (including phenoxy) is 1. The maximum Gasteiger partial charge on any atom is 0.336 e. The van der Waals surface area contributed by atoms with Gasteiger partial charge in [-0.15, -0.1) is 0 Å². The van der Waals surface area contributed by atoms with Crippen LogP contribution in [0.5, 0.6) is 5.75 Å². The predicted molar refractivity (Wildman–Crippen MR) is 112 cm³/mol. The lowest BCUT2D eigenvalue weighted by Crippen LogP contribution is -2.08. The summed E-state index contributed by atoms with van der Waals surface area (Å²) < 4.78 is 6.03. The van der Waals surface area contributed by atoms with E-state index >= 15 is 0 Å². The SMILES string of the molecule is Cc1cc(-c2cc(-c3cccnc3)ccc2OCC2CC2)c(C(=O)O)cc1C(=O)O. The Kier molecular flexibility index (Phi) is 5.23. The third kappa shape index (κ3) is 4.03. The zero-order valence-electron chi connectivity index (χ0n) is 16.5. The number of rotatable bonds is 7. The van der Waals surface area contributed by atoms with Crippen LogP contribution < -0.4 is 4.74 Å². The molecule has 2 aromatic carbocycles. The molecule has 6 heteroatoms. The smallest absolute Gasteiger partial charge is 0.336 e. The highest BCUT2D eigenvalue weighted by atomic mass is 16.5. The first kappa shape index (κ1) is 19.6. The van der Waals surface area contributed by atoms with Crippen LogP contribution in [-0.2, 0) is 0 Å². The first-order valence-corrected chi connectivity index (χ1v) is 9.73. The number of aryl methyl sites for hydroxylation is 1. The normalized spacial score (nSPS) is 13.1. The highest BCUT2D eigenvalue weighted by Gasteiger charge is 2.24. The van der Waals surface area contributed by atoms with Crippen LogP contribution in [-0.4, -0.2) is 33.7 Å². The summed E-state index contributed by atoms with van der Waals surface area (Å²) in [5, 5.41) is 19.2. The van der Waals surface area contributed by atoms with E-state index < -0.39 is 11.9 Å². The standard InChI is InChI=1S/C24H21NO5/c1-14-9-19(21(24(28)29)11-18(14)23(26)27)20-10-16(17-3-2-8-25-12-17)6-7-22(20)30-13-15-4-5-15/h2-3,6-12,15H,4-5,13H2,1H3,(H,26,27)(H,28,29). The molecule has 2 N–H and O–H groups in total. The monoisotopic (exact) mass is 403 g/mol. The lowest BCUT2D eigenvalue weighted by Gasteiger charge is -2.16. The highest BCUT2D eigenvalue weighted by Crippen LogP contribution is 2.39. The minimum atomic E-state index is -1.19. The molecule has 0 unspecified atom stereocenters. The van der Waals surface area contributed by atoms with E-state index in [2.05, 4.69) is 4.98 Å². The molecule has 6 nitrogen and oxygen atoms in total. The van der Waals surface area contributed by atoms with Crippen LogP contribution >= 0.6 is 0 Å². The predicted octanol–water partition coefficient (Wildman–Crippen LogP) is 4.91. The number of hydrogen-bond acceptors (Lipinski definition) is 4. The van der Waals surface area contributed by atoms with Gasteiger partial charge in [-0.05, 0) is 67.1 Å². The number of carbonyl (C=O) groups is 2. The topological polar surface area (TPSA) is 96.7 Å². The number of pyridine rings is 1. The maximum absolute atomic E-state index is 12.0. The summed E-state index contributed by atoms with van der Waals surface area (Å²) in [5.74, 6) is -1.23. The van der Waals surface area contributed by atoms with Crippen molar-refractivity contribution in [3.63, 3.8) is 0 Å². The fourth-order valence-electron chi connectivity index (χ4n) is 3.41. The molecule has 0 spiro atoms. The highest BCUT2D eigenvalue weighted by molar-refractivity contribution is 6.01. The lowest BCUT2D eigenvalue weighted by atomic mass is 9.92. The van der Waals surface area contributed by atoms with Gasteiger partial charge < -0.3 is 14.9 Å². The van der Waals surface area contributed by atoms with Crippen molar-refractivity contribution < 1.29 is 24.5 Å². The maximum atomic E-state index is 12.0. The molecule has 1 aliphatic carbocycles. The lowest BCUT2D eigenvalue weighted by molar-refractivity contribution is 0.0695. The van der Waals surface area contributed by atoms with E-state index in [1.54, 1.807) is 25.4 Å². The van der Waals surface area contributed by atoms with Crippen LogP contribution in [0.2, 0.25) is 0 Å². The molecule has 30 heavy (non-hydrogen) atoms. The average Bonchev–Trinajstić information content (AvgIpc) is 3.56. The third-order valence-electron chi connectivity index (χ3n) is 5.26. The van der Waals surface area contributed by atoms with Crippen molar-refractivity contribution in [1.29, 1.82) is 0 Å². The van der Waals surface area contributed by atoms with Crippen LogP contribution in [0.25, 0.3) is 22.3 Å². The minimum Gasteiger partial charge on any atom is -0.493 e. The van der Waals surface area contributed by atoms with Crippen molar-refractivity contribution in [2.24, 2.45) is 5.92 Å². The Bertz CT molecular complexity index is 1120. The Morgan fingerprint density at radius 1 is 1.00 bits per heavy atom. The minimum absolute atomic E-state index is 0.0278. The van der Waals surface area contributed by atoms with Gasteiger partial charge in [0.05, 0.1) is 17.7 Å². The van der Waals surface area contributed by atoms with Crippen LogP contribution in [0.3, 0.4) is 0 Å². The molecule has 1 heterocycles. The van der Waals surface area contributed by atoms with E-state index in [0.29, 0.717) is 35.0 Å². The average molecular weight is 403 g/mol. The van der Waals surface area contributed by atoms with Crippen molar-refractivity contribution >= 4 is 11.9 Å². The Morgan fingerprint density at radius 3 is 2.40 bits per heavy atom. The number of carboxylic acids is 2. The van der Waals surface area contributed by atoms with E-state index in [0.717, 1.165) is 24.0 Å².